The second-order valence-corrected chi connectivity index (χ2v) is 13.9. The van der Waals surface area contributed by atoms with Gasteiger partial charge in [0.1, 0.15) is 24.9 Å². The molecule has 6 rings (SSSR count). The first kappa shape index (κ1) is 28.1. The van der Waals surface area contributed by atoms with E-state index in [9.17, 15) is 25.2 Å². The van der Waals surface area contributed by atoms with Crippen LogP contribution >= 0.6 is 0 Å². The zero-order valence-corrected chi connectivity index (χ0v) is 23.7. The van der Waals surface area contributed by atoms with Crippen molar-refractivity contribution in [2.24, 2.45) is 28.6 Å². The maximum atomic E-state index is 12.4. The predicted octanol–water partition coefficient (Wildman–Crippen LogP) is 2.23. The van der Waals surface area contributed by atoms with Gasteiger partial charge in [0.25, 0.3) is 0 Å². The van der Waals surface area contributed by atoms with Crippen LogP contribution in [0.5, 0.6) is 0 Å². The lowest BCUT2D eigenvalue weighted by Crippen LogP contribution is -2.67. The fourth-order valence-corrected chi connectivity index (χ4v) is 10.1. The van der Waals surface area contributed by atoms with E-state index in [1.807, 2.05) is 0 Å². The Labute approximate surface area is 230 Å². The molecule has 1 saturated heterocycles. The molecule has 39 heavy (non-hydrogen) atoms. The molecule has 1 unspecified atom stereocenters. The van der Waals surface area contributed by atoms with Crippen molar-refractivity contribution in [3.63, 3.8) is 0 Å². The van der Waals surface area contributed by atoms with Crippen LogP contribution in [0.1, 0.15) is 78.6 Å². The Morgan fingerprint density at radius 3 is 2.36 bits per heavy atom. The third-order valence-electron chi connectivity index (χ3n) is 12.5. The van der Waals surface area contributed by atoms with Crippen molar-refractivity contribution in [2.45, 2.75) is 127 Å². The number of aliphatic hydroxyl groups is 4. The van der Waals surface area contributed by atoms with Gasteiger partial charge in [-0.05, 0) is 87.0 Å². The van der Waals surface area contributed by atoms with Crippen molar-refractivity contribution in [2.75, 3.05) is 13.7 Å². The first-order chi connectivity index (χ1) is 18.4. The summed E-state index contributed by atoms with van der Waals surface area (Å²) in [6, 6.07) is 0. The molecule has 13 atom stereocenters. The number of fused-ring (bicyclic) bond motifs is 5. The molecular formula is C30H46O9. The second-order valence-electron chi connectivity index (χ2n) is 13.9. The number of ether oxygens (including phenoxy) is 4. The van der Waals surface area contributed by atoms with Gasteiger partial charge in [-0.1, -0.05) is 13.8 Å². The molecule has 0 aromatic heterocycles. The zero-order chi connectivity index (χ0) is 28.0. The van der Waals surface area contributed by atoms with Crippen molar-refractivity contribution >= 4 is 5.97 Å². The summed E-state index contributed by atoms with van der Waals surface area (Å²) in [5.74, 6) is 0.151. The molecule has 6 aliphatic rings. The lowest BCUT2D eigenvalue weighted by atomic mass is 9.42. The van der Waals surface area contributed by atoms with Gasteiger partial charge in [0.05, 0.1) is 23.4 Å². The normalized spacial score (nSPS) is 55.3. The molecule has 9 nitrogen and oxygen atoms in total. The van der Waals surface area contributed by atoms with Crippen LogP contribution in [0.4, 0.5) is 0 Å². The fourth-order valence-electron chi connectivity index (χ4n) is 10.1. The van der Waals surface area contributed by atoms with Gasteiger partial charge in [0, 0.05) is 25.0 Å². The Kier molecular flexibility index (Phi) is 6.82. The number of rotatable bonds is 4. The Morgan fingerprint density at radius 1 is 0.949 bits per heavy atom. The number of hydrogen-bond donors (Lipinski definition) is 4. The van der Waals surface area contributed by atoms with E-state index >= 15 is 0 Å². The molecule has 0 bridgehead atoms. The smallest absolute Gasteiger partial charge is 0.331 e. The topological polar surface area (TPSA) is 135 Å². The Bertz CT molecular complexity index is 1020. The van der Waals surface area contributed by atoms with E-state index in [1.54, 1.807) is 13.0 Å². The Balaban J connectivity index is 1.19. The van der Waals surface area contributed by atoms with E-state index in [0.717, 1.165) is 37.7 Å². The van der Waals surface area contributed by atoms with E-state index in [1.165, 1.54) is 7.11 Å². The highest BCUT2D eigenvalue weighted by atomic mass is 16.7. The number of esters is 1. The molecule has 0 amide bonds. The average Bonchev–Trinajstić information content (AvgIpc) is 3.43. The number of hydrogen-bond acceptors (Lipinski definition) is 9. The number of carbonyl (C=O) groups is 1. The van der Waals surface area contributed by atoms with Gasteiger partial charge in [-0.3, -0.25) is 0 Å². The van der Waals surface area contributed by atoms with E-state index in [-0.39, 0.29) is 40.7 Å². The molecule has 2 aliphatic heterocycles. The summed E-state index contributed by atoms with van der Waals surface area (Å²) in [6.45, 7) is 6.48. The van der Waals surface area contributed by atoms with Crippen LogP contribution in [0.2, 0.25) is 0 Å². The highest BCUT2D eigenvalue weighted by Crippen LogP contribution is 2.70. The lowest BCUT2D eigenvalue weighted by molar-refractivity contribution is -0.321. The summed E-state index contributed by atoms with van der Waals surface area (Å²) in [5, 5.41) is 45.7. The quantitative estimate of drug-likeness (QED) is 0.307. The fraction of sp³-hybridized carbons (Fsp3) is 0.900. The molecule has 0 radical (unpaired) electrons. The first-order valence-corrected chi connectivity index (χ1v) is 14.9. The second kappa shape index (κ2) is 9.48. The van der Waals surface area contributed by atoms with E-state index in [2.05, 4.69) is 13.8 Å². The summed E-state index contributed by atoms with van der Waals surface area (Å²) in [5.41, 5.74) is -1.43. The molecule has 4 aliphatic carbocycles. The first-order valence-electron chi connectivity index (χ1n) is 14.9. The van der Waals surface area contributed by atoms with Crippen molar-refractivity contribution < 1.29 is 44.2 Å². The van der Waals surface area contributed by atoms with E-state index < -0.39 is 41.9 Å². The van der Waals surface area contributed by atoms with Gasteiger partial charge in [0.2, 0.25) is 0 Å². The molecule has 2 heterocycles. The number of carbonyl (C=O) groups excluding carboxylic acids is 1. The molecule has 5 fully saturated rings. The van der Waals surface area contributed by atoms with Crippen LogP contribution in [0, 0.1) is 28.6 Å². The van der Waals surface area contributed by atoms with Crippen LogP contribution in [0.25, 0.3) is 0 Å². The van der Waals surface area contributed by atoms with Crippen molar-refractivity contribution in [1.82, 2.24) is 0 Å². The van der Waals surface area contributed by atoms with Gasteiger partial charge in [-0.2, -0.15) is 0 Å². The van der Waals surface area contributed by atoms with Gasteiger partial charge in [-0.15, -0.1) is 0 Å². The largest absolute Gasteiger partial charge is 0.458 e. The van der Waals surface area contributed by atoms with Gasteiger partial charge in [0.15, 0.2) is 6.29 Å². The minimum absolute atomic E-state index is 0.0934. The maximum absolute atomic E-state index is 12.4. The minimum Gasteiger partial charge on any atom is -0.458 e. The molecule has 9 heteroatoms. The SMILES string of the molecule is CO[C@@H]1[C@H](O)[C@H](C)OC(O[C@H]2CC[C@]3(C)[C@H]4CC[C@]5(C)[C@@H](C6=CC(=O)OC6)CC[C@]5(O)[C@@H]4CC[C@]3(O)C2)[C@H]1O. The summed E-state index contributed by atoms with van der Waals surface area (Å²) in [7, 11) is 1.45. The van der Waals surface area contributed by atoms with E-state index in [0.29, 0.717) is 32.3 Å². The minimum atomic E-state index is -1.13. The monoisotopic (exact) mass is 550 g/mol. The number of aliphatic hydroxyl groups excluding tert-OH is 2. The molecule has 4 saturated carbocycles. The predicted molar refractivity (Wildman–Crippen MR) is 139 cm³/mol. The highest BCUT2D eigenvalue weighted by molar-refractivity contribution is 5.85. The lowest BCUT2D eigenvalue weighted by Gasteiger charge is -2.66. The van der Waals surface area contributed by atoms with Gasteiger partial charge < -0.3 is 39.4 Å². The van der Waals surface area contributed by atoms with Gasteiger partial charge >= 0.3 is 5.97 Å². The molecule has 220 valence electrons. The van der Waals surface area contributed by atoms with E-state index in [4.69, 9.17) is 18.9 Å². The van der Waals surface area contributed by atoms with Crippen LogP contribution in [-0.2, 0) is 23.7 Å². The molecule has 0 spiro atoms. The van der Waals surface area contributed by atoms with Crippen molar-refractivity contribution in [3.8, 4) is 0 Å². The number of methoxy groups -OCH3 is 1. The molecule has 0 aromatic carbocycles. The van der Waals surface area contributed by atoms with Gasteiger partial charge in [-0.25, -0.2) is 4.79 Å². The third-order valence-corrected chi connectivity index (χ3v) is 12.5. The Morgan fingerprint density at radius 2 is 1.67 bits per heavy atom. The Hall–Kier alpha value is -1.07. The summed E-state index contributed by atoms with van der Waals surface area (Å²) in [4.78, 5) is 11.8. The third kappa shape index (κ3) is 3.94. The van der Waals surface area contributed by atoms with Crippen LogP contribution < -0.4 is 0 Å². The molecule has 4 N–H and O–H groups in total. The summed E-state index contributed by atoms with van der Waals surface area (Å²) >= 11 is 0. The molecular weight excluding hydrogens is 504 g/mol. The van der Waals surface area contributed by atoms with Crippen LogP contribution in [0.15, 0.2) is 11.6 Å². The summed E-state index contributed by atoms with van der Waals surface area (Å²) in [6.07, 6.45) is 3.58. The van der Waals surface area contributed by atoms with Crippen molar-refractivity contribution in [1.29, 1.82) is 0 Å². The van der Waals surface area contributed by atoms with Crippen LogP contribution in [0.3, 0.4) is 0 Å². The molecule has 0 aromatic rings. The highest BCUT2D eigenvalue weighted by Gasteiger charge is 2.70. The maximum Gasteiger partial charge on any atom is 0.331 e. The van der Waals surface area contributed by atoms with Crippen molar-refractivity contribution in [3.05, 3.63) is 11.6 Å². The average molecular weight is 551 g/mol. The number of cyclic esters (lactones) is 1. The standard InChI is InChI=1S/C30H46O9/c1-16-23(32)25(36-4)24(33)26(38-16)39-18-5-9-27(2)20-6-10-28(3)19(17-13-22(31)37-15-17)8-12-30(28,35)21(20)7-11-29(27,34)14-18/h13,16,18-21,23-26,32-35H,5-12,14-15H2,1-4H3/t16-,18-,19+,20-,21+,23+,24-,25+,26?,27+,28+,29-,30-/m0/s1. The summed E-state index contributed by atoms with van der Waals surface area (Å²) < 4.78 is 22.6. The van der Waals surface area contributed by atoms with Crippen LogP contribution in [-0.4, -0.2) is 88.1 Å². The zero-order valence-electron chi connectivity index (χ0n) is 23.7.